The average Bonchev–Trinajstić information content (AvgIpc) is 3.19. The number of aryl methyl sites for hydroxylation is 2. The summed E-state index contributed by atoms with van der Waals surface area (Å²) in [7, 11) is 0. The largest absolute Gasteiger partial charge is 0.230 e. The van der Waals surface area contributed by atoms with Crippen molar-refractivity contribution in [3.63, 3.8) is 0 Å². The first-order valence-corrected chi connectivity index (χ1v) is 9.34. The molecule has 2 heterocycles. The average molecular weight is 353 g/mol. The molecule has 0 fully saturated rings. The van der Waals surface area contributed by atoms with Crippen molar-refractivity contribution < 1.29 is 0 Å². The Bertz CT molecular complexity index is 972. The number of nitrogens with zero attached hydrogens (tertiary/aromatic N) is 5. The van der Waals surface area contributed by atoms with Crippen LogP contribution in [0.15, 0.2) is 46.8 Å². The number of rotatable bonds is 4. The van der Waals surface area contributed by atoms with Crippen LogP contribution in [0.5, 0.6) is 0 Å². The first kappa shape index (κ1) is 15.3. The third kappa shape index (κ3) is 2.92. The molecular formula is C17H15N5S2. The van der Waals surface area contributed by atoms with Crippen LogP contribution in [0.25, 0.3) is 15.9 Å². The maximum Gasteiger partial charge on any atom is 0.167 e. The quantitative estimate of drug-likeness (QED) is 0.515. The molecule has 4 rings (SSSR count). The summed E-state index contributed by atoms with van der Waals surface area (Å²) in [6, 6.07) is 14.5. The number of para-hydroxylation sites is 1. The predicted molar refractivity (Wildman–Crippen MR) is 97.8 cm³/mol. The Hall–Kier alpha value is -2.25. The Morgan fingerprint density at radius 1 is 1.12 bits per heavy atom. The van der Waals surface area contributed by atoms with Crippen LogP contribution >= 0.6 is 23.1 Å². The van der Waals surface area contributed by atoms with Crippen LogP contribution in [0.4, 0.5) is 0 Å². The van der Waals surface area contributed by atoms with Gasteiger partial charge in [-0.1, -0.05) is 41.6 Å². The molecule has 0 aliphatic carbocycles. The number of fused-ring (bicyclic) bond motifs is 1. The van der Waals surface area contributed by atoms with E-state index in [1.807, 2.05) is 22.9 Å². The highest BCUT2D eigenvalue weighted by atomic mass is 32.2. The molecule has 0 saturated carbocycles. The van der Waals surface area contributed by atoms with E-state index in [-0.39, 0.29) is 0 Å². The Balaban J connectivity index is 1.58. The molecule has 24 heavy (non-hydrogen) atoms. The summed E-state index contributed by atoms with van der Waals surface area (Å²) >= 11 is 3.37. The molecule has 0 spiro atoms. The van der Waals surface area contributed by atoms with E-state index >= 15 is 0 Å². The molecule has 4 aromatic rings. The number of hydrogen-bond donors (Lipinski definition) is 0. The van der Waals surface area contributed by atoms with Gasteiger partial charge in [0.15, 0.2) is 10.2 Å². The van der Waals surface area contributed by atoms with Gasteiger partial charge in [-0.25, -0.2) is 4.98 Å². The maximum atomic E-state index is 4.65. The van der Waals surface area contributed by atoms with Crippen molar-refractivity contribution in [2.75, 3.05) is 0 Å². The monoisotopic (exact) mass is 353 g/mol. The summed E-state index contributed by atoms with van der Waals surface area (Å²) < 4.78 is 4.05. The van der Waals surface area contributed by atoms with Crippen molar-refractivity contribution >= 4 is 33.3 Å². The van der Waals surface area contributed by atoms with E-state index in [4.69, 9.17) is 0 Å². The molecule has 7 heteroatoms. The van der Waals surface area contributed by atoms with Crippen molar-refractivity contribution in [2.45, 2.75) is 23.9 Å². The minimum absolute atomic E-state index is 0.681. The van der Waals surface area contributed by atoms with E-state index in [0.717, 1.165) is 26.9 Å². The van der Waals surface area contributed by atoms with E-state index in [9.17, 15) is 0 Å². The minimum Gasteiger partial charge on any atom is -0.230 e. The van der Waals surface area contributed by atoms with E-state index in [1.165, 1.54) is 10.3 Å². The van der Waals surface area contributed by atoms with E-state index in [0.29, 0.717) is 5.75 Å². The number of tetrazole rings is 1. The number of thioether (sulfide) groups is 1. The highest BCUT2D eigenvalue weighted by Gasteiger charge is 2.12. The predicted octanol–water partition coefficient (Wildman–Crippen LogP) is 4.18. The first-order valence-electron chi connectivity index (χ1n) is 7.54. The molecule has 0 unspecified atom stereocenters. The summed E-state index contributed by atoms with van der Waals surface area (Å²) in [4.78, 5) is 4.65. The highest BCUT2D eigenvalue weighted by Crippen LogP contribution is 2.31. The van der Waals surface area contributed by atoms with Gasteiger partial charge in [-0.05, 0) is 48.0 Å². The topological polar surface area (TPSA) is 56.5 Å². The lowest BCUT2D eigenvalue weighted by atomic mass is 10.1. The molecule has 0 amide bonds. The molecule has 0 saturated heterocycles. The normalized spacial score (nSPS) is 11.2. The molecule has 0 bridgehead atoms. The Morgan fingerprint density at radius 2 is 2.00 bits per heavy atom. The summed E-state index contributed by atoms with van der Waals surface area (Å²) in [6.45, 7) is 4.16. The second kappa shape index (κ2) is 6.33. The zero-order valence-electron chi connectivity index (χ0n) is 13.3. The molecule has 0 radical (unpaired) electrons. The third-order valence-electron chi connectivity index (χ3n) is 3.71. The molecule has 5 nitrogen and oxygen atoms in total. The van der Waals surface area contributed by atoms with Crippen LogP contribution in [0.3, 0.4) is 0 Å². The number of hydrogen-bond acceptors (Lipinski definition) is 6. The van der Waals surface area contributed by atoms with E-state index in [1.54, 1.807) is 23.1 Å². The zero-order chi connectivity index (χ0) is 16.5. The highest BCUT2D eigenvalue weighted by molar-refractivity contribution is 8.00. The van der Waals surface area contributed by atoms with E-state index < -0.39 is 0 Å². The molecule has 0 aliphatic rings. The molecule has 2 aromatic heterocycles. The molecule has 120 valence electrons. The lowest BCUT2D eigenvalue weighted by Crippen LogP contribution is -2.04. The third-order valence-corrected chi connectivity index (χ3v) is 5.89. The Morgan fingerprint density at radius 3 is 2.83 bits per heavy atom. The van der Waals surface area contributed by atoms with Crippen LogP contribution in [-0.2, 0) is 5.75 Å². The van der Waals surface area contributed by atoms with Crippen LogP contribution < -0.4 is 0 Å². The van der Waals surface area contributed by atoms with Crippen molar-refractivity contribution in [2.24, 2.45) is 0 Å². The smallest absolute Gasteiger partial charge is 0.167 e. The van der Waals surface area contributed by atoms with Crippen molar-refractivity contribution in [1.82, 2.24) is 25.2 Å². The number of benzene rings is 2. The summed E-state index contributed by atoms with van der Waals surface area (Å²) in [5, 5.41) is 12.2. The van der Waals surface area contributed by atoms with Crippen LogP contribution in [0, 0.1) is 13.8 Å². The number of aromatic nitrogens is 5. The van der Waals surface area contributed by atoms with Gasteiger partial charge in [0.25, 0.3) is 0 Å². The van der Waals surface area contributed by atoms with Crippen LogP contribution in [0.2, 0.25) is 0 Å². The van der Waals surface area contributed by atoms with E-state index in [2.05, 4.69) is 58.6 Å². The van der Waals surface area contributed by atoms with Gasteiger partial charge in [0, 0.05) is 0 Å². The zero-order valence-corrected chi connectivity index (χ0v) is 14.9. The van der Waals surface area contributed by atoms with Crippen LogP contribution in [0.1, 0.15) is 17.0 Å². The number of thiazole rings is 1. The van der Waals surface area contributed by atoms with Crippen molar-refractivity contribution in [3.05, 3.63) is 59.4 Å². The van der Waals surface area contributed by atoms with Crippen molar-refractivity contribution in [1.29, 1.82) is 0 Å². The standard InChI is InChI=1S/C17H15N5S2/c1-11-7-8-14(12(2)9-11)22-16(19-20-21-22)10-23-17-18-13-5-3-4-6-15(13)24-17/h3-9H,10H2,1-2H3. The minimum atomic E-state index is 0.681. The lowest BCUT2D eigenvalue weighted by molar-refractivity contribution is 0.773. The van der Waals surface area contributed by atoms with Gasteiger partial charge in [-0.3, -0.25) is 0 Å². The van der Waals surface area contributed by atoms with Gasteiger partial charge in [0.05, 0.1) is 21.7 Å². The van der Waals surface area contributed by atoms with Gasteiger partial charge in [0.2, 0.25) is 0 Å². The second-order valence-corrected chi connectivity index (χ2v) is 7.79. The summed E-state index contributed by atoms with van der Waals surface area (Å²) in [6.07, 6.45) is 0. The van der Waals surface area contributed by atoms with Gasteiger partial charge >= 0.3 is 0 Å². The Labute approximate surface area is 147 Å². The molecule has 0 N–H and O–H groups in total. The van der Waals surface area contributed by atoms with Crippen molar-refractivity contribution in [3.8, 4) is 5.69 Å². The SMILES string of the molecule is Cc1ccc(-n2nnnc2CSc2nc3ccccc3s2)c(C)c1. The molecule has 0 aliphatic heterocycles. The molecule has 2 aromatic carbocycles. The Kier molecular flexibility index (Phi) is 4.03. The molecular weight excluding hydrogens is 338 g/mol. The fourth-order valence-electron chi connectivity index (χ4n) is 2.56. The summed E-state index contributed by atoms with van der Waals surface area (Å²) in [5.74, 6) is 1.51. The van der Waals surface area contributed by atoms with Gasteiger partial charge in [-0.2, -0.15) is 4.68 Å². The lowest BCUT2D eigenvalue weighted by Gasteiger charge is -2.08. The first-order chi connectivity index (χ1) is 11.7. The van der Waals surface area contributed by atoms with Gasteiger partial charge in [-0.15, -0.1) is 16.4 Å². The fourth-order valence-corrected chi connectivity index (χ4v) is 4.54. The second-order valence-electron chi connectivity index (χ2n) is 5.53. The molecule has 0 atom stereocenters. The maximum absolute atomic E-state index is 4.65. The summed E-state index contributed by atoms with van der Waals surface area (Å²) in [5.41, 5.74) is 4.45. The van der Waals surface area contributed by atoms with Gasteiger partial charge < -0.3 is 0 Å². The fraction of sp³-hybridized carbons (Fsp3) is 0.176. The van der Waals surface area contributed by atoms with Gasteiger partial charge in [0.1, 0.15) is 0 Å². The van der Waals surface area contributed by atoms with Crippen LogP contribution in [-0.4, -0.2) is 25.2 Å².